The Morgan fingerprint density at radius 3 is 1.52 bits per heavy atom. The van der Waals surface area contributed by atoms with Crippen molar-refractivity contribution in [2.24, 2.45) is 0 Å². The highest BCUT2D eigenvalue weighted by molar-refractivity contribution is 6.00. The molecule has 3 aromatic rings. The van der Waals surface area contributed by atoms with Crippen LogP contribution in [0.4, 0.5) is 0 Å². The van der Waals surface area contributed by atoms with Crippen molar-refractivity contribution in [2.45, 2.75) is 19.5 Å². The maximum atomic E-state index is 5.18. The maximum Gasteiger partial charge on any atom is 0.373 e. The minimum absolute atomic E-state index is 0.454. The van der Waals surface area contributed by atoms with Crippen molar-refractivity contribution in [2.75, 3.05) is 0 Å². The quantitative estimate of drug-likeness (QED) is 0.395. The first-order valence-corrected chi connectivity index (χ1v) is 10.5. The zero-order valence-corrected chi connectivity index (χ0v) is 20.3. The molecule has 0 aliphatic heterocycles. The van der Waals surface area contributed by atoms with Crippen LogP contribution in [0.3, 0.4) is 0 Å². The molecule has 0 spiro atoms. The molecule has 0 bridgehead atoms. The van der Waals surface area contributed by atoms with E-state index in [1.165, 1.54) is 0 Å². The lowest BCUT2D eigenvalue weighted by molar-refractivity contribution is 0.0178. The van der Waals surface area contributed by atoms with E-state index in [-0.39, 0.29) is 0 Å². The van der Waals surface area contributed by atoms with Gasteiger partial charge in [-0.15, -0.1) is 10.2 Å². The molecule has 0 fully saturated rings. The van der Waals surface area contributed by atoms with E-state index in [1.807, 2.05) is 61.5 Å². The van der Waals surface area contributed by atoms with Crippen molar-refractivity contribution >= 4 is 66.5 Å². The fraction of sp³-hybridized carbons (Fsp3) is 0.158. The Kier molecular flexibility index (Phi) is 8.95. The van der Waals surface area contributed by atoms with Gasteiger partial charge in [-0.3, -0.25) is 0 Å². The average molecular weight is 442 g/mol. The molecule has 0 aliphatic carbocycles. The zero-order valence-electron chi connectivity index (χ0n) is 15.7. The summed E-state index contributed by atoms with van der Waals surface area (Å²) in [4.78, 5) is 0. The zero-order chi connectivity index (χ0) is 20.8. The predicted molar refractivity (Wildman–Crippen MR) is 110 cm³/mol. The normalized spacial score (nSPS) is 11.3. The summed E-state index contributed by atoms with van der Waals surface area (Å²) in [6.07, 6.45) is -0.908. The van der Waals surface area contributed by atoms with E-state index in [9.17, 15) is 0 Å². The van der Waals surface area contributed by atoms with Crippen molar-refractivity contribution in [1.29, 1.82) is 0 Å². The van der Waals surface area contributed by atoms with Gasteiger partial charge in [0, 0.05) is 22.3 Å². The third-order valence-corrected chi connectivity index (χ3v) is 5.40. The Morgan fingerprint density at radius 1 is 0.655 bits per heavy atom. The number of aromatic nitrogens is 2. The Labute approximate surface area is 203 Å². The molecular formula is C19H14Al4N2O4. The van der Waals surface area contributed by atoms with E-state index < -0.39 is 12.6 Å². The number of hydrogen-bond acceptors (Lipinski definition) is 6. The van der Waals surface area contributed by atoms with Crippen molar-refractivity contribution < 1.29 is 15.2 Å². The smallest absolute Gasteiger partial charge is 0.373 e. The molecule has 1 aromatic heterocycles. The van der Waals surface area contributed by atoms with Gasteiger partial charge in [0.2, 0.25) is 0 Å². The Balaban J connectivity index is 1.83. The van der Waals surface area contributed by atoms with Gasteiger partial charge in [0.05, 0.1) is 11.4 Å². The Hall–Kier alpha value is -0.510. The fourth-order valence-electron chi connectivity index (χ4n) is 2.90. The second-order valence-corrected chi connectivity index (χ2v) is 7.30. The largest absolute Gasteiger partial charge is 0.494 e. The Morgan fingerprint density at radius 2 is 1.10 bits per heavy atom. The first kappa shape index (κ1) is 23.2. The van der Waals surface area contributed by atoms with E-state index in [2.05, 4.69) is 76.7 Å². The van der Waals surface area contributed by atoms with Crippen LogP contribution in [0.5, 0.6) is 0 Å². The van der Waals surface area contributed by atoms with Crippen LogP contribution in [0, 0.1) is 6.92 Å². The molecule has 29 heavy (non-hydrogen) atoms. The predicted octanol–water partition coefficient (Wildman–Crippen LogP) is 2.52. The van der Waals surface area contributed by atoms with Crippen molar-refractivity contribution in [3.05, 3.63) is 71.3 Å². The summed E-state index contributed by atoms with van der Waals surface area (Å²) < 4.78 is 20.7. The van der Waals surface area contributed by atoms with Gasteiger partial charge in [-0.2, -0.15) is 0 Å². The SMILES string of the molecule is Cc1cc(-c2ccc(C([O][Al])[O][Al])cc2)nnc1-c1ccc(C([O][Al])[O][Al])cc1. The number of benzene rings is 2. The van der Waals surface area contributed by atoms with Crippen molar-refractivity contribution in [1.82, 2.24) is 10.2 Å². The summed E-state index contributed by atoms with van der Waals surface area (Å²) in [5.74, 6) is 0. The van der Waals surface area contributed by atoms with Gasteiger partial charge in [-0.1, -0.05) is 48.5 Å². The van der Waals surface area contributed by atoms with E-state index >= 15 is 0 Å². The second-order valence-electron chi connectivity index (χ2n) is 6.21. The highest BCUT2D eigenvalue weighted by atomic mass is 27.1. The van der Waals surface area contributed by atoms with Crippen LogP contribution in [-0.4, -0.2) is 76.7 Å². The molecule has 0 N–H and O–H groups in total. The standard InChI is InChI=1S/C19H14N2O4.4Al/c1-11-10-16(12-2-6-14(7-3-12)18(22)23)20-21-17(11)13-4-8-15(9-5-13)19(24)25;;;;/h2-10,18-19H,1H3;;;;/q-4;4*+1. The minimum Gasteiger partial charge on any atom is -0.494 e. The van der Waals surface area contributed by atoms with Gasteiger partial charge in [0.1, 0.15) is 12.6 Å². The molecule has 136 valence electrons. The van der Waals surface area contributed by atoms with Crippen molar-refractivity contribution in [3.8, 4) is 22.5 Å². The molecule has 0 aliphatic rings. The van der Waals surface area contributed by atoms with E-state index in [0.717, 1.165) is 39.2 Å². The number of hydrogen-bond donors (Lipinski definition) is 0. The molecule has 0 saturated carbocycles. The second kappa shape index (κ2) is 11.2. The molecular weight excluding hydrogens is 428 g/mol. The molecule has 1 heterocycles. The summed E-state index contributed by atoms with van der Waals surface area (Å²) in [5, 5.41) is 8.87. The summed E-state index contributed by atoms with van der Waals surface area (Å²) in [6, 6.07) is 17.7. The summed E-state index contributed by atoms with van der Waals surface area (Å²) >= 11 is 8.83. The molecule has 0 atom stereocenters. The molecule has 2 aromatic carbocycles. The molecule has 0 amide bonds. The lowest BCUT2D eigenvalue weighted by atomic mass is 10.0. The summed E-state index contributed by atoms with van der Waals surface area (Å²) in [6.45, 7) is 2.02. The van der Waals surface area contributed by atoms with Crippen LogP contribution < -0.4 is 0 Å². The van der Waals surface area contributed by atoms with Gasteiger partial charge in [-0.25, -0.2) is 0 Å². The van der Waals surface area contributed by atoms with E-state index in [0.29, 0.717) is 0 Å². The van der Waals surface area contributed by atoms with Crippen LogP contribution in [-0.2, 0) is 15.2 Å². The first-order valence-electron chi connectivity index (χ1n) is 8.58. The summed E-state index contributed by atoms with van der Waals surface area (Å²) in [7, 11) is 0. The summed E-state index contributed by atoms with van der Waals surface area (Å²) in [5.41, 5.74) is 6.43. The maximum absolute atomic E-state index is 5.18. The Bertz CT molecular complexity index is 934. The molecule has 0 unspecified atom stereocenters. The van der Waals surface area contributed by atoms with Crippen LogP contribution in [0.2, 0.25) is 0 Å². The lowest BCUT2D eigenvalue weighted by Gasteiger charge is -2.18. The van der Waals surface area contributed by atoms with Gasteiger partial charge in [0.15, 0.2) is 0 Å². The number of rotatable bonds is 8. The molecule has 0 saturated heterocycles. The van der Waals surface area contributed by atoms with E-state index in [1.54, 1.807) is 0 Å². The average Bonchev–Trinajstić information content (AvgIpc) is 2.76. The third-order valence-electron chi connectivity index (χ3n) is 4.41. The van der Waals surface area contributed by atoms with Gasteiger partial charge in [-0.05, 0) is 18.6 Å². The first-order chi connectivity index (χ1) is 14.1. The third kappa shape index (κ3) is 5.60. The van der Waals surface area contributed by atoms with Crippen molar-refractivity contribution in [3.63, 3.8) is 0 Å². The fourth-order valence-corrected chi connectivity index (χ4v) is 4.04. The van der Waals surface area contributed by atoms with Crippen LogP contribution in [0.1, 0.15) is 29.3 Å². The molecule has 3 rings (SSSR count). The van der Waals surface area contributed by atoms with Crippen LogP contribution in [0.15, 0.2) is 54.6 Å². The van der Waals surface area contributed by atoms with Crippen LogP contribution in [0.25, 0.3) is 22.5 Å². The monoisotopic (exact) mass is 442 g/mol. The molecule has 8 radical (unpaired) electrons. The highest BCUT2D eigenvalue weighted by Crippen LogP contribution is 2.27. The molecule has 10 heteroatoms. The molecule has 6 nitrogen and oxygen atoms in total. The minimum atomic E-state index is -0.454. The topological polar surface area (TPSA) is 62.7 Å². The van der Waals surface area contributed by atoms with E-state index in [4.69, 9.17) is 15.2 Å². The van der Waals surface area contributed by atoms with Crippen LogP contribution >= 0.6 is 0 Å². The number of aryl methyl sites for hydroxylation is 1. The lowest BCUT2D eigenvalue weighted by Crippen LogP contribution is -2.05. The van der Waals surface area contributed by atoms with Gasteiger partial charge >= 0.3 is 66.5 Å². The van der Waals surface area contributed by atoms with Gasteiger partial charge < -0.3 is 15.2 Å². The highest BCUT2D eigenvalue weighted by Gasteiger charge is 2.11. The van der Waals surface area contributed by atoms with Gasteiger partial charge in [0.25, 0.3) is 0 Å². The number of nitrogens with zero attached hydrogens (tertiary/aromatic N) is 2.